The molecule has 2 aliphatic carbocycles. The summed E-state index contributed by atoms with van der Waals surface area (Å²) in [4.78, 5) is 19.2. The highest BCUT2D eigenvalue weighted by molar-refractivity contribution is 6.04. The third-order valence-corrected chi connectivity index (χ3v) is 12.1. The number of ether oxygens (including phenoxy) is 4. The molecule has 2 unspecified atom stereocenters. The van der Waals surface area contributed by atoms with Crippen LogP contribution < -0.4 is 14.4 Å². The van der Waals surface area contributed by atoms with Gasteiger partial charge in [0, 0.05) is 48.7 Å². The molecule has 4 aromatic rings. The van der Waals surface area contributed by atoms with Crippen molar-refractivity contribution in [1.29, 1.82) is 0 Å². The number of methoxy groups -OCH3 is 1. The first kappa shape index (κ1) is 33.5. The van der Waals surface area contributed by atoms with Crippen LogP contribution in [0.15, 0.2) is 24.3 Å². The number of halogens is 2. The minimum Gasteiger partial charge on any atom is -0.508 e. The van der Waals surface area contributed by atoms with Crippen LogP contribution in [0.2, 0.25) is 0 Å². The summed E-state index contributed by atoms with van der Waals surface area (Å²) in [6, 6.07) is 6.09. The van der Waals surface area contributed by atoms with Crippen molar-refractivity contribution in [2.45, 2.75) is 69.6 Å². The molecule has 52 heavy (non-hydrogen) atoms. The molecule has 0 spiro atoms. The third kappa shape index (κ3) is 5.69. The fourth-order valence-corrected chi connectivity index (χ4v) is 9.55. The average Bonchev–Trinajstić information content (AvgIpc) is 3.84. The van der Waals surface area contributed by atoms with Crippen molar-refractivity contribution < 1.29 is 32.8 Å². The Morgan fingerprint density at radius 1 is 1.04 bits per heavy atom. The molecule has 2 saturated carbocycles. The van der Waals surface area contributed by atoms with Crippen LogP contribution in [0.4, 0.5) is 14.6 Å². The molecule has 0 amide bonds. The van der Waals surface area contributed by atoms with Crippen molar-refractivity contribution in [2.24, 2.45) is 11.3 Å². The van der Waals surface area contributed by atoms with Gasteiger partial charge in [0.15, 0.2) is 5.82 Å². The highest BCUT2D eigenvalue weighted by Crippen LogP contribution is 2.49. The van der Waals surface area contributed by atoms with Gasteiger partial charge in [0.2, 0.25) is 5.88 Å². The standard InChI is InChI=1S/C40H43F2N5O5/c1-3-26-28(41)8-7-24-18-25(48)19-27(32(24)26)35-34(42)36-33(38(43-35)49-2)37(47-14-17-51-30-20-29(30)47)45-39(44-36)52-22-40-11-4-6-31(40)46(13-5-12-40)21-23-9-15-50-16-10-23/h1,7-8,18-19,23,29-31,48H,4-6,9-17,20-22H2,2H3/t29?,30?,31-,40-/m1/s1. The van der Waals surface area contributed by atoms with Gasteiger partial charge in [-0.15, -0.1) is 6.42 Å². The number of aromatic nitrogens is 3. The molecular weight excluding hydrogens is 668 g/mol. The summed E-state index contributed by atoms with van der Waals surface area (Å²) in [6.07, 6.45) is 14.4. The number of likely N-dealkylation sites (tertiary alicyclic amines) is 1. The van der Waals surface area contributed by atoms with Gasteiger partial charge >= 0.3 is 6.01 Å². The van der Waals surface area contributed by atoms with Gasteiger partial charge in [0.1, 0.15) is 34.0 Å². The van der Waals surface area contributed by atoms with Crippen LogP contribution in [0, 0.1) is 35.3 Å². The van der Waals surface area contributed by atoms with E-state index in [1.54, 1.807) is 0 Å². The zero-order valence-corrected chi connectivity index (χ0v) is 29.4. The normalized spacial score (nSPS) is 26.3. The lowest BCUT2D eigenvalue weighted by Crippen LogP contribution is -2.53. The fraction of sp³-hybridized carbons (Fsp3) is 0.525. The minimum atomic E-state index is -0.777. The van der Waals surface area contributed by atoms with E-state index in [2.05, 4.69) is 20.7 Å². The molecule has 2 aromatic carbocycles. The van der Waals surface area contributed by atoms with E-state index < -0.39 is 11.6 Å². The smallest absolute Gasteiger partial charge is 0.319 e. The van der Waals surface area contributed by atoms with Crippen molar-refractivity contribution in [3.05, 3.63) is 41.5 Å². The van der Waals surface area contributed by atoms with E-state index in [1.807, 2.05) is 0 Å². The van der Waals surface area contributed by atoms with Crippen LogP contribution in [0.25, 0.3) is 32.9 Å². The van der Waals surface area contributed by atoms with Crippen molar-refractivity contribution in [3.63, 3.8) is 0 Å². The Morgan fingerprint density at radius 2 is 1.88 bits per heavy atom. The maximum Gasteiger partial charge on any atom is 0.319 e. The number of hydrogen-bond donors (Lipinski definition) is 1. The van der Waals surface area contributed by atoms with Crippen LogP contribution in [-0.2, 0) is 9.47 Å². The molecule has 0 bridgehead atoms. The molecule has 4 atom stereocenters. The van der Waals surface area contributed by atoms with Gasteiger partial charge in [0.05, 0.1) is 38.0 Å². The van der Waals surface area contributed by atoms with E-state index in [0.29, 0.717) is 48.3 Å². The van der Waals surface area contributed by atoms with Gasteiger partial charge in [-0.25, -0.2) is 13.8 Å². The summed E-state index contributed by atoms with van der Waals surface area (Å²) in [5, 5.41) is 11.7. The number of anilines is 1. The quantitative estimate of drug-likeness (QED) is 0.212. The van der Waals surface area contributed by atoms with E-state index >= 15 is 8.78 Å². The largest absolute Gasteiger partial charge is 0.508 e. The lowest BCUT2D eigenvalue weighted by Gasteiger charge is -2.47. The number of pyridine rings is 1. The predicted molar refractivity (Wildman–Crippen MR) is 192 cm³/mol. The Balaban J connectivity index is 1.14. The third-order valence-electron chi connectivity index (χ3n) is 12.1. The number of phenolic OH excluding ortho intramolecular Hbond substituents is 1. The molecule has 5 aliphatic rings. The monoisotopic (exact) mass is 711 g/mol. The number of piperidine rings is 1. The number of fused-ring (bicyclic) bond motifs is 4. The summed E-state index contributed by atoms with van der Waals surface area (Å²) in [7, 11) is 1.46. The highest BCUT2D eigenvalue weighted by atomic mass is 19.1. The molecule has 272 valence electrons. The Hall–Kier alpha value is -4.31. The summed E-state index contributed by atoms with van der Waals surface area (Å²) in [5.74, 6) is 2.06. The van der Waals surface area contributed by atoms with Gasteiger partial charge in [0.25, 0.3) is 0 Å². The molecule has 2 aromatic heterocycles. The van der Waals surface area contributed by atoms with Crippen LogP contribution >= 0.6 is 0 Å². The Labute approximate surface area is 301 Å². The lowest BCUT2D eigenvalue weighted by molar-refractivity contribution is -0.0203. The second kappa shape index (κ2) is 13.3. The predicted octanol–water partition coefficient (Wildman–Crippen LogP) is 6.24. The van der Waals surface area contributed by atoms with Crippen LogP contribution in [0.5, 0.6) is 17.6 Å². The first-order valence-corrected chi connectivity index (χ1v) is 18.6. The molecule has 10 nitrogen and oxygen atoms in total. The molecule has 3 saturated heterocycles. The maximum absolute atomic E-state index is 17.2. The lowest BCUT2D eigenvalue weighted by atomic mass is 9.75. The van der Waals surface area contributed by atoms with Crippen LogP contribution in [-0.4, -0.2) is 96.3 Å². The molecule has 9 rings (SSSR count). The van der Waals surface area contributed by atoms with Crippen molar-refractivity contribution in [1.82, 2.24) is 19.9 Å². The number of phenols is 1. The Morgan fingerprint density at radius 3 is 2.71 bits per heavy atom. The Bertz CT molecular complexity index is 2090. The van der Waals surface area contributed by atoms with Gasteiger partial charge in [-0.2, -0.15) is 9.97 Å². The fourth-order valence-electron chi connectivity index (χ4n) is 9.55. The number of hydrogen-bond acceptors (Lipinski definition) is 10. The number of nitrogens with zero attached hydrogens (tertiary/aromatic N) is 5. The topological polar surface area (TPSA) is 102 Å². The SMILES string of the molecule is C#Cc1c(F)ccc2cc(O)cc(-c3nc(OC)c4c(N5CCOC6CC65)nc(OC[C@]56CCC[C@H]5N(CC5CCOCC5)CCC6)nc4c3F)c12. The van der Waals surface area contributed by atoms with Gasteiger partial charge in [-0.1, -0.05) is 18.4 Å². The van der Waals surface area contributed by atoms with Crippen molar-refractivity contribution >= 4 is 27.5 Å². The zero-order valence-electron chi connectivity index (χ0n) is 29.4. The summed E-state index contributed by atoms with van der Waals surface area (Å²) in [6.45, 7) is 5.34. The molecule has 1 N–H and O–H groups in total. The number of morpholine rings is 1. The minimum absolute atomic E-state index is 0.0362. The number of rotatable bonds is 8. The van der Waals surface area contributed by atoms with Crippen LogP contribution in [0.1, 0.15) is 56.9 Å². The molecular formula is C40H43F2N5O5. The molecule has 3 aliphatic heterocycles. The van der Waals surface area contributed by atoms with Gasteiger partial charge in [-0.05, 0) is 81.0 Å². The first-order chi connectivity index (χ1) is 25.4. The number of aromatic hydroxyl groups is 1. The molecule has 5 heterocycles. The summed E-state index contributed by atoms with van der Waals surface area (Å²) >= 11 is 0. The molecule has 0 radical (unpaired) electrons. The summed E-state index contributed by atoms with van der Waals surface area (Å²) in [5.41, 5.74) is -0.197. The average molecular weight is 712 g/mol. The first-order valence-electron chi connectivity index (χ1n) is 18.6. The second-order valence-electron chi connectivity index (χ2n) is 15.1. The van der Waals surface area contributed by atoms with Gasteiger partial charge < -0.3 is 29.0 Å². The van der Waals surface area contributed by atoms with E-state index in [9.17, 15) is 5.11 Å². The number of benzene rings is 2. The second-order valence-corrected chi connectivity index (χ2v) is 15.1. The highest BCUT2D eigenvalue weighted by Gasteiger charge is 2.50. The van der Waals surface area contributed by atoms with E-state index in [-0.39, 0.29) is 62.9 Å². The van der Waals surface area contributed by atoms with Crippen molar-refractivity contribution in [2.75, 3.05) is 58.1 Å². The molecule has 5 fully saturated rings. The van der Waals surface area contributed by atoms with Gasteiger partial charge in [-0.3, -0.25) is 4.90 Å². The van der Waals surface area contributed by atoms with Crippen LogP contribution in [0.3, 0.4) is 0 Å². The Kier molecular flexibility index (Phi) is 8.56. The zero-order chi connectivity index (χ0) is 35.6. The molecule has 12 heteroatoms. The van der Waals surface area contributed by atoms with E-state index in [1.165, 1.54) is 31.4 Å². The van der Waals surface area contributed by atoms with E-state index in [4.69, 9.17) is 35.3 Å². The number of terminal acetylenes is 1. The maximum atomic E-state index is 17.2. The van der Waals surface area contributed by atoms with Crippen molar-refractivity contribution in [3.8, 4) is 41.2 Å². The van der Waals surface area contributed by atoms with E-state index in [0.717, 1.165) is 77.7 Å². The summed E-state index contributed by atoms with van der Waals surface area (Å²) < 4.78 is 56.3.